The first-order valence-electron chi connectivity index (χ1n) is 5.50. The Morgan fingerprint density at radius 3 is 2.88 bits per heavy atom. The van der Waals surface area contributed by atoms with E-state index in [0.717, 1.165) is 5.56 Å². The topological polar surface area (TPSA) is 71.5 Å². The number of nitrogens with zero attached hydrogens (tertiary/aromatic N) is 1. The molecule has 0 saturated heterocycles. The summed E-state index contributed by atoms with van der Waals surface area (Å²) in [5, 5.41) is 12.0. The molecule has 0 aliphatic heterocycles. The van der Waals surface area contributed by atoms with Crippen LogP contribution < -0.4 is 10.1 Å². The molecule has 2 atom stereocenters. The van der Waals surface area contributed by atoms with Crippen molar-refractivity contribution in [3.05, 3.63) is 23.9 Å². The molecule has 1 rings (SSSR count). The third-order valence-electron chi connectivity index (χ3n) is 2.80. The van der Waals surface area contributed by atoms with Gasteiger partial charge in [-0.3, -0.25) is 4.79 Å². The second-order valence-corrected chi connectivity index (χ2v) is 3.97. The lowest BCUT2D eigenvalue weighted by Crippen LogP contribution is -2.35. The van der Waals surface area contributed by atoms with Gasteiger partial charge in [-0.2, -0.15) is 0 Å². The fraction of sp³-hybridized carbons (Fsp3) is 0.500. The minimum Gasteiger partial charge on any atom is -0.481 e. The van der Waals surface area contributed by atoms with E-state index in [4.69, 9.17) is 9.84 Å². The minimum absolute atomic E-state index is 0.114. The molecule has 1 aromatic rings. The highest BCUT2D eigenvalue weighted by Gasteiger charge is 2.19. The Morgan fingerprint density at radius 1 is 1.59 bits per heavy atom. The molecule has 0 aliphatic rings. The molecule has 0 radical (unpaired) electrons. The van der Waals surface area contributed by atoms with Crippen LogP contribution in [0.15, 0.2) is 18.3 Å². The summed E-state index contributed by atoms with van der Waals surface area (Å²) in [6.07, 6.45) is 1.66. The Bertz CT molecular complexity index is 382. The van der Waals surface area contributed by atoms with Crippen molar-refractivity contribution in [2.75, 3.05) is 7.11 Å². The average molecular weight is 238 g/mol. The molecule has 1 heterocycles. The highest BCUT2D eigenvalue weighted by atomic mass is 16.5. The summed E-state index contributed by atoms with van der Waals surface area (Å²) in [5.74, 6) is -0.670. The highest BCUT2D eigenvalue weighted by Crippen LogP contribution is 2.14. The number of carboxylic acids is 1. The van der Waals surface area contributed by atoms with Gasteiger partial charge in [-0.25, -0.2) is 4.98 Å². The van der Waals surface area contributed by atoms with Crippen LogP contribution in [-0.2, 0) is 11.3 Å². The average Bonchev–Trinajstić information content (AvgIpc) is 2.35. The van der Waals surface area contributed by atoms with Crippen LogP contribution in [0.4, 0.5) is 0 Å². The molecule has 17 heavy (non-hydrogen) atoms. The van der Waals surface area contributed by atoms with Gasteiger partial charge in [0.25, 0.3) is 0 Å². The van der Waals surface area contributed by atoms with E-state index in [0.29, 0.717) is 12.4 Å². The van der Waals surface area contributed by atoms with Gasteiger partial charge in [-0.05, 0) is 13.0 Å². The zero-order valence-corrected chi connectivity index (χ0v) is 10.3. The van der Waals surface area contributed by atoms with E-state index in [9.17, 15) is 4.79 Å². The zero-order valence-electron chi connectivity index (χ0n) is 10.3. The van der Waals surface area contributed by atoms with Crippen molar-refractivity contribution in [3.8, 4) is 5.88 Å². The number of carboxylic acid groups (broad SMARTS) is 1. The number of aliphatic carboxylic acids is 1. The molecule has 0 aromatic carbocycles. The van der Waals surface area contributed by atoms with E-state index in [1.54, 1.807) is 20.2 Å². The van der Waals surface area contributed by atoms with Crippen LogP contribution in [0.3, 0.4) is 0 Å². The summed E-state index contributed by atoms with van der Waals surface area (Å²) in [7, 11) is 1.56. The normalized spacial score (nSPS) is 14.1. The lowest BCUT2D eigenvalue weighted by Gasteiger charge is -2.18. The monoisotopic (exact) mass is 238 g/mol. The number of carbonyl (C=O) groups is 1. The molecule has 5 nitrogen and oxygen atoms in total. The van der Waals surface area contributed by atoms with E-state index in [1.807, 2.05) is 19.1 Å². The van der Waals surface area contributed by atoms with E-state index >= 15 is 0 Å². The van der Waals surface area contributed by atoms with E-state index in [-0.39, 0.29) is 6.04 Å². The molecule has 2 N–H and O–H groups in total. The van der Waals surface area contributed by atoms with Gasteiger partial charge in [0.05, 0.1) is 13.0 Å². The van der Waals surface area contributed by atoms with Gasteiger partial charge in [-0.1, -0.05) is 13.0 Å². The fourth-order valence-corrected chi connectivity index (χ4v) is 1.40. The van der Waals surface area contributed by atoms with Gasteiger partial charge < -0.3 is 15.2 Å². The number of hydrogen-bond acceptors (Lipinski definition) is 4. The maximum atomic E-state index is 10.8. The van der Waals surface area contributed by atoms with Crippen LogP contribution in [-0.4, -0.2) is 29.2 Å². The summed E-state index contributed by atoms with van der Waals surface area (Å²) in [6.45, 7) is 4.07. The smallest absolute Gasteiger partial charge is 0.307 e. The van der Waals surface area contributed by atoms with Gasteiger partial charge in [0.2, 0.25) is 5.88 Å². The predicted molar refractivity (Wildman–Crippen MR) is 63.9 cm³/mol. The summed E-state index contributed by atoms with van der Waals surface area (Å²) >= 11 is 0. The third kappa shape index (κ3) is 3.71. The zero-order chi connectivity index (χ0) is 12.8. The first-order chi connectivity index (χ1) is 8.06. The van der Waals surface area contributed by atoms with Crippen molar-refractivity contribution in [1.29, 1.82) is 0 Å². The fourth-order valence-electron chi connectivity index (χ4n) is 1.40. The number of aromatic nitrogens is 1. The number of methoxy groups -OCH3 is 1. The number of nitrogens with one attached hydrogen (secondary N) is 1. The van der Waals surface area contributed by atoms with E-state index in [1.165, 1.54) is 0 Å². The van der Waals surface area contributed by atoms with Gasteiger partial charge in [0, 0.05) is 24.3 Å². The van der Waals surface area contributed by atoms with Crippen LogP contribution >= 0.6 is 0 Å². The number of ether oxygens (including phenoxy) is 1. The summed E-state index contributed by atoms with van der Waals surface area (Å²) < 4.78 is 5.12. The van der Waals surface area contributed by atoms with E-state index in [2.05, 4.69) is 10.3 Å². The van der Waals surface area contributed by atoms with Crippen LogP contribution in [0, 0.1) is 5.92 Å². The number of hydrogen-bond donors (Lipinski definition) is 2. The SMILES string of the molecule is COc1ncccc1CNC(C)C(C)C(=O)O. The molecule has 2 unspecified atom stereocenters. The maximum absolute atomic E-state index is 10.8. The molecule has 0 amide bonds. The summed E-state index contributed by atoms with van der Waals surface area (Å²) in [5.41, 5.74) is 0.916. The summed E-state index contributed by atoms with van der Waals surface area (Å²) in [4.78, 5) is 14.9. The Morgan fingerprint density at radius 2 is 2.29 bits per heavy atom. The largest absolute Gasteiger partial charge is 0.481 e. The van der Waals surface area contributed by atoms with Crippen LogP contribution in [0.5, 0.6) is 5.88 Å². The number of pyridine rings is 1. The molecular formula is C12H18N2O3. The van der Waals surface area contributed by atoms with Crippen molar-refractivity contribution in [2.45, 2.75) is 26.4 Å². The van der Waals surface area contributed by atoms with Gasteiger partial charge >= 0.3 is 5.97 Å². The van der Waals surface area contributed by atoms with E-state index < -0.39 is 11.9 Å². The second-order valence-electron chi connectivity index (χ2n) is 3.97. The molecule has 1 aromatic heterocycles. The Hall–Kier alpha value is -1.62. The second kappa shape index (κ2) is 6.20. The standard InChI is InChI=1S/C12H18N2O3/c1-8(12(15)16)9(2)14-7-10-5-4-6-13-11(10)17-3/h4-6,8-9,14H,7H2,1-3H3,(H,15,16). The first kappa shape index (κ1) is 13.4. The Kier molecular flexibility index (Phi) is 4.90. The van der Waals surface area contributed by atoms with Crippen molar-refractivity contribution < 1.29 is 14.6 Å². The Balaban J connectivity index is 2.58. The third-order valence-corrected chi connectivity index (χ3v) is 2.80. The summed E-state index contributed by atoms with van der Waals surface area (Å²) in [6, 6.07) is 3.61. The van der Waals surface area contributed by atoms with Gasteiger partial charge in [-0.15, -0.1) is 0 Å². The number of rotatable bonds is 6. The molecule has 0 bridgehead atoms. The molecule has 0 spiro atoms. The molecule has 0 aliphatic carbocycles. The van der Waals surface area contributed by atoms with Crippen molar-refractivity contribution in [3.63, 3.8) is 0 Å². The van der Waals surface area contributed by atoms with Crippen molar-refractivity contribution >= 4 is 5.97 Å². The first-order valence-corrected chi connectivity index (χ1v) is 5.50. The molecule has 5 heteroatoms. The maximum Gasteiger partial charge on any atom is 0.307 e. The molecule has 94 valence electrons. The van der Waals surface area contributed by atoms with Gasteiger partial charge in [0.1, 0.15) is 0 Å². The predicted octanol–water partition coefficient (Wildman–Crippen LogP) is 1.29. The van der Waals surface area contributed by atoms with Gasteiger partial charge in [0.15, 0.2) is 0 Å². The van der Waals surface area contributed by atoms with Crippen molar-refractivity contribution in [1.82, 2.24) is 10.3 Å². The molecular weight excluding hydrogens is 220 g/mol. The van der Waals surface area contributed by atoms with Crippen LogP contribution in [0.1, 0.15) is 19.4 Å². The minimum atomic E-state index is -0.803. The molecule has 0 saturated carbocycles. The molecule has 0 fully saturated rings. The lowest BCUT2D eigenvalue weighted by atomic mass is 10.0. The quantitative estimate of drug-likeness (QED) is 0.781. The highest BCUT2D eigenvalue weighted by molar-refractivity contribution is 5.70. The lowest BCUT2D eigenvalue weighted by molar-refractivity contribution is -0.141. The van der Waals surface area contributed by atoms with Crippen molar-refractivity contribution in [2.24, 2.45) is 5.92 Å². The Labute approximate surface area is 101 Å². The van der Waals surface area contributed by atoms with Crippen LogP contribution in [0.25, 0.3) is 0 Å². The van der Waals surface area contributed by atoms with Crippen LogP contribution in [0.2, 0.25) is 0 Å².